The number of anilines is 1. The van der Waals surface area contributed by atoms with Crippen LogP contribution in [-0.2, 0) is 0 Å². The molecule has 4 heteroatoms. The lowest BCUT2D eigenvalue weighted by Gasteiger charge is -2.32. The zero-order chi connectivity index (χ0) is 8.55. The van der Waals surface area contributed by atoms with Crippen LogP contribution in [0.25, 0.3) is 0 Å². The third kappa shape index (κ3) is 1.53. The van der Waals surface area contributed by atoms with Crippen LogP contribution in [0.2, 0.25) is 0 Å². The van der Waals surface area contributed by atoms with Gasteiger partial charge in [-0.05, 0) is 35.9 Å². The maximum absolute atomic E-state index is 4.37. The van der Waals surface area contributed by atoms with Crippen molar-refractivity contribution in [2.45, 2.75) is 13.3 Å². The molecule has 0 amide bonds. The first-order valence-corrected chi connectivity index (χ1v) is 5.10. The van der Waals surface area contributed by atoms with Gasteiger partial charge < -0.3 is 4.90 Å². The molecule has 1 aliphatic heterocycles. The van der Waals surface area contributed by atoms with E-state index in [1.54, 1.807) is 0 Å². The monoisotopic (exact) mass is 275 g/mol. The molecule has 1 aliphatic rings. The van der Waals surface area contributed by atoms with Gasteiger partial charge in [0.1, 0.15) is 15.3 Å². The van der Waals surface area contributed by atoms with Crippen molar-refractivity contribution in [3.05, 3.63) is 15.6 Å². The van der Waals surface area contributed by atoms with E-state index in [1.165, 1.54) is 6.42 Å². The third-order valence-electron chi connectivity index (χ3n) is 1.97. The number of halogens is 1. The molecule has 64 valence electrons. The second-order valence-electron chi connectivity index (χ2n) is 2.94. The Labute approximate surface area is 85.3 Å². The van der Waals surface area contributed by atoms with E-state index in [9.17, 15) is 0 Å². The van der Waals surface area contributed by atoms with E-state index in [-0.39, 0.29) is 0 Å². The molecule has 12 heavy (non-hydrogen) atoms. The number of aryl methyl sites for hydroxylation is 1. The Morgan fingerprint density at radius 3 is 2.67 bits per heavy atom. The second-order valence-corrected chi connectivity index (χ2v) is 4.04. The van der Waals surface area contributed by atoms with Crippen LogP contribution in [0.3, 0.4) is 0 Å². The summed E-state index contributed by atoms with van der Waals surface area (Å²) in [6.07, 6.45) is 1.29. The first-order valence-electron chi connectivity index (χ1n) is 4.02. The zero-order valence-electron chi connectivity index (χ0n) is 6.92. The molecule has 3 nitrogen and oxygen atoms in total. The van der Waals surface area contributed by atoms with Crippen LogP contribution in [0.5, 0.6) is 0 Å². The van der Waals surface area contributed by atoms with Gasteiger partial charge in [0, 0.05) is 19.2 Å². The van der Waals surface area contributed by atoms with Crippen molar-refractivity contribution in [2.75, 3.05) is 18.0 Å². The smallest absolute Gasteiger partial charge is 0.133 e. The van der Waals surface area contributed by atoms with Gasteiger partial charge >= 0.3 is 0 Å². The summed E-state index contributed by atoms with van der Waals surface area (Å²) in [7, 11) is 0. The summed E-state index contributed by atoms with van der Waals surface area (Å²) in [5.74, 6) is 1.95. The van der Waals surface area contributed by atoms with E-state index < -0.39 is 0 Å². The van der Waals surface area contributed by atoms with Gasteiger partial charge in [-0.15, -0.1) is 0 Å². The molecule has 1 aromatic heterocycles. The van der Waals surface area contributed by atoms with Crippen molar-refractivity contribution in [1.29, 1.82) is 0 Å². The number of nitrogens with zero attached hydrogens (tertiary/aromatic N) is 3. The van der Waals surface area contributed by atoms with Gasteiger partial charge in [0.25, 0.3) is 0 Å². The van der Waals surface area contributed by atoms with Crippen LogP contribution in [-0.4, -0.2) is 23.1 Å². The fourth-order valence-electron chi connectivity index (χ4n) is 1.22. The lowest BCUT2D eigenvalue weighted by Crippen LogP contribution is -2.37. The number of hydrogen-bond acceptors (Lipinski definition) is 3. The fraction of sp³-hybridized carbons (Fsp3) is 0.500. The average molecular weight is 275 g/mol. The SMILES string of the molecule is Cc1nc(I)cc(N2CCC2)n1. The van der Waals surface area contributed by atoms with Crippen LogP contribution < -0.4 is 4.90 Å². The van der Waals surface area contributed by atoms with Gasteiger partial charge in [0.05, 0.1) is 0 Å². The number of aromatic nitrogens is 2. The molecule has 1 fully saturated rings. The zero-order valence-corrected chi connectivity index (χ0v) is 9.08. The highest BCUT2D eigenvalue weighted by atomic mass is 127. The predicted molar refractivity (Wildman–Crippen MR) is 56.3 cm³/mol. The highest BCUT2D eigenvalue weighted by Gasteiger charge is 2.16. The molecule has 0 radical (unpaired) electrons. The van der Waals surface area contributed by atoms with Gasteiger partial charge in [-0.3, -0.25) is 0 Å². The summed E-state index contributed by atoms with van der Waals surface area (Å²) in [6, 6.07) is 2.03. The van der Waals surface area contributed by atoms with Crippen molar-refractivity contribution in [1.82, 2.24) is 9.97 Å². The van der Waals surface area contributed by atoms with Crippen LogP contribution in [0.1, 0.15) is 12.2 Å². The van der Waals surface area contributed by atoms with Crippen molar-refractivity contribution < 1.29 is 0 Å². The Balaban J connectivity index is 2.30. The average Bonchev–Trinajstić information content (AvgIpc) is 1.79. The van der Waals surface area contributed by atoms with E-state index in [0.29, 0.717) is 0 Å². The molecular weight excluding hydrogens is 265 g/mol. The van der Waals surface area contributed by atoms with Crippen molar-refractivity contribution >= 4 is 28.4 Å². The third-order valence-corrected chi connectivity index (χ3v) is 2.53. The van der Waals surface area contributed by atoms with Crippen molar-refractivity contribution in [3.8, 4) is 0 Å². The Hall–Kier alpha value is -0.390. The summed E-state index contributed by atoms with van der Waals surface area (Å²) in [5, 5.41) is 0. The second kappa shape index (κ2) is 3.16. The van der Waals surface area contributed by atoms with Crippen LogP contribution >= 0.6 is 22.6 Å². The highest BCUT2D eigenvalue weighted by Crippen LogP contribution is 2.19. The standard InChI is InChI=1S/C8H10IN3/c1-6-10-7(9)5-8(11-6)12-3-2-4-12/h5H,2-4H2,1H3. The van der Waals surface area contributed by atoms with Crippen molar-refractivity contribution in [3.63, 3.8) is 0 Å². The van der Waals surface area contributed by atoms with Crippen molar-refractivity contribution in [2.24, 2.45) is 0 Å². The molecule has 0 aromatic carbocycles. The molecular formula is C8H10IN3. The largest absolute Gasteiger partial charge is 0.356 e. The molecule has 2 heterocycles. The van der Waals surface area contributed by atoms with Gasteiger partial charge in [-0.2, -0.15) is 0 Å². The van der Waals surface area contributed by atoms with E-state index in [0.717, 1.165) is 28.4 Å². The maximum atomic E-state index is 4.37. The van der Waals surface area contributed by atoms with Gasteiger partial charge in [-0.1, -0.05) is 0 Å². The molecule has 0 saturated carbocycles. The molecule has 0 aliphatic carbocycles. The summed E-state index contributed by atoms with van der Waals surface area (Å²) in [6.45, 7) is 4.23. The van der Waals surface area contributed by atoms with Crippen LogP contribution in [0, 0.1) is 10.6 Å². The van der Waals surface area contributed by atoms with Gasteiger partial charge in [0.15, 0.2) is 0 Å². The molecule has 0 unspecified atom stereocenters. The van der Waals surface area contributed by atoms with E-state index >= 15 is 0 Å². The molecule has 0 atom stereocenters. The van der Waals surface area contributed by atoms with Crippen LogP contribution in [0.15, 0.2) is 6.07 Å². The molecule has 1 saturated heterocycles. The summed E-state index contributed by atoms with van der Waals surface area (Å²) < 4.78 is 1.03. The molecule has 0 bridgehead atoms. The Morgan fingerprint density at radius 2 is 2.17 bits per heavy atom. The molecule has 1 aromatic rings. The van der Waals surface area contributed by atoms with E-state index in [2.05, 4.69) is 37.5 Å². The first-order chi connectivity index (χ1) is 5.75. The summed E-state index contributed by atoms with van der Waals surface area (Å²) in [5.41, 5.74) is 0. The van der Waals surface area contributed by atoms with Gasteiger partial charge in [-0.25, -0.2) is 9.97 Å². The normalized spacial score (nSPS) is 16.0. The Morgan fingerprint density at radius 1 is 1.42 bits per heavy atom. The maximum Gasteiger partial charge on any atom is 0.133 e. The number of hydrogen-bond donors (Lipinski definition) is 0. The minimum Gasteiger partial charge on any atom is -0.356 e. The number of rotatable bonds is 1. The predicted octanol–water partition coefficient (Wildman–Crippen LogP) is 1.60. The quantitative estimate of drug-likeness (QED) is 0.576. The summed E-state index contributed by atoms with van der Waals surface area (Å²) >= 11 is 2.23. The molecule has 0 spiro atoms. The van der Waals surface area contributed by atoms with Crippen LogP contribution in [0.4, 0.5) is 5.82 Å². The lowest BCUT2D eigenvalue weighted by atomic mass is 10.2. The molecule has 2 rings (SSSR count). The Kier molecular flexibility index (Phi) is 2.16. The minimum atomic E-state index is 0.865. The minimum absolute atomic E-state index is 0.865. The fourth-order valence-corrected chi connectivity index (χ4v) is 1.85. The highest BCUT2D eigenvalue weighted by molar-refractivity contribution is 14.1. The van der Waals surface area contributed by atoms with E-state index in [1.807, 2.05) is 13.0 Å². The topological polar surface area (TPSA) is 29.0 Å². The molecule has 0 N–H and O–H groups in total. The Bertz CT molecular complexity index is 276. The summed E-state index contributed by atoms with van der Waals surface area (Å²) in [4.78, 5) is 10.9. The van der Waals surface area contributed by atoms with E-state index in [4.69, 9.17) is 0 Å². The first kappa shape index (κ1) is 8.22. The lowest BCUT2D eigenvalue weighted by molar-refractivity contribution is 0.607. The van der Waals surface area contributed by atoms with Gasteiger partial charge in [0.2, 0.25) is 0 Å².